The number of benzene rings is 1. The van der Waals surface area contributed by atoms with Crippen molar-refractivity contribution in [3.63, 3.8) is 0 Å². The zero-order valence-electron chi connectivity index (χ0n) is 19.6. The predicted octanol–water partition coefficient (Wildman–Crippen LogP) is 3.40. The first-order valence-corrected chi connectivity index (χ1v) is 12.0. The summed E-state index contributed by atoms with van der Waals surface area (Å²) in [4.78, 5) is 18.9. The van der Waals surface area contributed by atoms with Crippen LogP contribution < -0.4 is 15.0 Å². The van der Waals surface area contributed by atoms with Crippen molar-refractivity contribution >= 4 is 10.9 Å². The Morgan fingerprint density at radius 1 is 1.06 bits per heavy atom. The second kappa shape index (κ2) is 8.78. The standard InChI is InChI=1S/C24H32N6O3/c1-4-24(2,3)30-22(26-27-28-30)21(29-9-7-5-6-8-10-29)17-13-16-14-19-20(33-12-11-32-19)15-18(16)25-23(17)31/h13-15,21H,4-12H2,1-3H3,(H,25,31)/t21-/m1/s1. The fourth-order valence-corrected chi connectivity index (χ4v) is 4.76. The number of hydrogen-bond donors (Lipinski definition) is 1. The van der Waals surface area contributed by atoms with Gasteiger partial charge in [0, 0.05) is 17.0 Å². The lowest BCUT2D eigenvalue weighted by Crippen LogP contribution is -2.38. The number of pyridine rings is 1. The van der Waals surface area contributed by atoms with Crippen LogP contribution >= 0.6 is 0 Å². The Morgan fingerprint density at radius 2 is 1.76 bits per heavy atom. The number of tetrazole rings is 1. The molecule has 0 bridgehead atoms. The summed E-state index contributed by atoms with van der Waals surface area (Å²) in [7, 11) is 0. The number of ether oxygens (including phenoxy) is 2. The molecule has 1 fully saturated rings. The first-order valence-electron chi connectivity index (χ1n) is 12.0. The number of H-pyrrole nitrogens is 1. The van der Waals surface area contributed by atoms with E-state index >= 15 is 0 Å². The van der Waals surface area contributed by atoms with Gasteiger partial charge in [-0.1, -0.05) is 19.8 Å². The normalized spacial score (nSPS) is 18.3. The van der Waals surface area contributed by atoms with E-state index in [1.807, 2.05) is 22.9 Å². The molecule has 1 saturated heterocycles. The van der Waals surface area contributed by atoms with E-state index in [9.17, 15) is 4.79 Å². The molecule has 1 aromatic carbocycles. The van der Waals surface area contributed by atoms with E-state index in [-0.39, 0.29) is 17.1 Å². The van der Waals surface area contributed by atoms with Gasteiger partial charge in [0.1, 0.15) is 19.3 Å². The summed E-state index contributed by atoms with van der Waals surface area (Å²) < 4.78 is 13.4. The monoisotopic (exact) mass is 452 g/mol. The number of rotatable bonds is 5. The first-order chi connectivity index (χ1) is 16.0. The zero-order valence-corrected chi connectivity index (χ0v) is 19.6. The molecule has 1 atom stereocenters. The largest absolute Gasteiger partial charge is 0.486 e. The number of aromatic amines is 1. The van der Waals surface area contributed by atoms with Crippen LogP contribution in [0.25, 0.3) is 10.9 Å². The molecule has 1 N–H and O–H groups in total. The van der Waals surface area contributed by atoms with Gasteiger partial charge in [-0.05, 0) is 68.8 Å². The van der Waals surface area contributed by atoms with Crippen molar-refractivity contribution in [2.75, 3.05) is 26.3 Å². The fraction of sp³-hybridized carbons (Fsp3) is 0.583. The maximum absolute atomic E-state index is 13.5. The van der Waals surface area contributed by atoms with Crippen LogP contribution in [0, 0.1) is 0 Å². The third-order valence-electron chi connectivity index (χ3n) is 7.01. The Morgan fingerprint density at radius 3 is 2.45 bits per heavy atom. The highest BCUT2D eigenvalue weighted by Gasteiger charge is 2.34. The second-order valence-corrected chi connectivity index (χ2v) is 9.60. The molecular weight excluding hydrogens is 420 g/mol. The van der Waals surface area contributed by atoms with E-state index in [0.717, 1.165) is 43.3 Å². The van der Waals surface area contributed by atoms with Crippen LogP contribution in [0.1, 0.15) is 70.3 Å². The molecule has 0 unspecified atom stereocenters. The summed E-state index contributed by atoms with van der Waals surface area (Å²) in [5, 5.41) is 13.8. The van der Waals surface area contributed by atoms with Gasteiger partial charge in [-0.25, -0.2) is 4.68 Å². The van der Waals surface area contributed by atoms with Crippen molar-refractivity contribution in [3.05, 3.63) is 39.9 Å². The number of likely N-dealkylation sites (tertiary alicyclic amines) is 1. The van der Waals surface area contributed by atoms with Gasteiger partial charge in [-0.2, -0.15) is 0 Å². The number of hydrogen-bond acceptors (Lipinski definition) is 7. The third kappa shape index (κ3) is 4.10. The molecule has 5 rings (SSSR count). The lowest BCUT2D eigenvalue weighted by Gasteiger charge is -2.32. The average molecular weight is 453 g/mol. The minimum Gasteiger partial charge on any atom is -0.486 e. The summed E-state index contributed by atoms with van der Waals surface area (Å²) in [6, 6.07) is 5.44. The van der Waals surface area contributed by atoms with Crippen LogP contribution in [-0.2, 0) is 5.54 Å². The molecule has 0 saturated carbocycles. The van der Waals surface area contributed by atoms with Crippen molar-refractivity contribution < 1.29 is 9.47 Å². The topological polar surface area (TPSA) is 98.2 Å². The summed E-state index contributed by atoms with van der Waals surface area (Å²) in [5.74, 6) is 2.08. The molecule has 2 aliphatic rings. The zero-order chi connectivity index (χ0) is 23.0. The van der Waals surface area contributed by atoms with E-state index in [0.29, 0.717) is 36.1 Å². The molecule has 0 radical (unpaired) electrons. The highest BCUT2D eigenvalue weighted by atomic mass is 16.6. The van der Waals surface area contributed by atoms with Crippen LogP contribution in [-0.4, -0.2) is 56.4 Å². The molecule has 2 aromatic heterocycles. The molecule has 0 spiro atoms. The van der Waals surface area contributed by atoms with Gasteiger partial charge < -0.3 is 14.5 Å². The van der Waals surface area contributed by atoms with E-state index in [1.165, 1.54) is 12.8 Å². The fourth-order valence-electron chi connectivity index (χ4n) is 4.76. The van der Waals surface area contributed by atoms with Gasteiger partial charge in [0.05, 0.1) is 11.1 Å². The molecule has 0 aliphatic carbocycles. The quantitative estimate of drug-likeness (QED) is 0.633. The SMILES string of the molecule is CCC(C)(C)n1nnnc1[C@@H](c1cc2cc3c(cc2[nH]c1=O)OCCO3)N1CCCCCC1. The van der Waals surface area contributed by atoms with Crippen LogP contribution in [0.15, 0.2) is 23.0 Å². The Bertz CT molecular complexity index is 1190. The number of nitrogens with zero attached hydrogens (tertiary/aromatic N) is 5. The molecule has 9 nitrogen and oxygen atoms in total. The van der Waals surface area contributed by atoms with Crippen molar-refractivity contribution in [1.82, 2.24) is 30.1 Å². The van der Waals surface area contributed by atoms with Gasteiger partial charge in [0.15, 0.2) is 17.3 Å². The summed E-state index contributed by atoms with van der Waals surface area (Å²) in [6.07, 6.45) is 5.46. The summed E-state index contributed by atoms with van der Waals surface area (Å²) in [5.41, 5.74) is 0.994. The second-order valence-electron chi connectivity index (χ2n) is 9.60. The lowest BCUT2D eigenvalue weighted by molar-refractivity contribution is 0.172. The summed E-state index contributed by atoms with van der Waals surface area (Å²) in [6.45, 7) is 9.22. The van der Waals surface area contributed by atoms with Gasteiger partial charge in [-0.3, -0.25) is 9.69 Å². The molecule has 0 amide bonds. The van der Waals surface area contributed by atoms with E-state index in [1.54, 1.807) is 0 Å². The smallest absolute Gasteiger partial charge is 0.253 e. The minimum atomic E-state index is -0.328. The molecule has 176 valence electrons. The molecule has 33 heavy (non-hydrogen) atoms. The van der Waals surface area contributed by atoms with Crippen molar-refractivity contribution in [3.8, 4) is 11.5 Å². The lowest BCUT2D eigenvalue weighted by atomic mass is 9.99. The molecule has 2 aliphatic heterocycles. The average Bonchev–Trinajstić information content (AvgIpc) is 3.15. The van der Waals surface area contributed by atoms with Gasteiger partial charge in [-0.15, -0.1) is 5.10 Å². The highest BCUT2D eigenvalue weighted by Crippen LogP contribution is 2.36. The van der Waals surface area contributed by atoms with Crippen LogP contribution in [0.5, 0.6) is 11.5 Å². The van der Waals surface area contributed by atoms with Crippen molar-refractivity contribution in [2.24, 2.45) is 0 Å². The van der Waals surface area contributed by atoms with Gasteiger partial charge in [0.2, 0.25) is 0 Å². The maximum Gasteiger partial charge on any atom is 0.253 e. The van der Waals surface area contributed by atoms with Crippen LogP contribution in [0.2, 0.25) is 0 Å². The van der Waals surface area contributed by atoms with Gasteiger partial charge >= 0.3 is 0 Å². The van der Waals surface area contributed by atoms with Crippen LogP contribution in [0.3, 0.4) is 0 Å². The number of aromatic nitrogens is 5. The van der Waals surface area contributed by atoms with Crippen molar-refractivity contribution in [1.29, 1.82) is 0 Å². The van der Waals surface area contributed by atoms with E-state index < -0.39 is 0 Å². The van der Waals surface area contributed by atoms with Crippen LogP contribution in [0.4, 0.5) is 0 Å². The molecule has 3 aromatic rings. The predicted molar refractivity (Wildman–Crippen MR) is 125 cm³/mol. The Labute approximate surface area is 193 Å². The molecule has 4 heterocycles. The number of nitrogens with one attached hydrogen (secondary N) is 1. The Kier molecular flexibility index (Phi) is 5.82. The minimum absolute atomic E-state index is 0.128. The number of fused-ring (bicyclic) bond motifs is 2. The Balaban J connectivity index is 1.67. The van der Waals surface area contributed by atoms with E-state index in [4.69, 9.17) is 9.47 Å². The third-order valence-corrected chi connectivity index (χ3v) is 7.01. The van der Waals surface area contributed by atoms with Gasteiger partial charge in [0.25, 0.3) is 5.56 Å². The maximum atomic E-state index is 13.5. The summed E-state index contributed by atoms with van der Waals surface area (Å²) >= 11 is 0. The molecule has 9 heteroatoms. The first kappa shape index (κ1) is 21.9. The van der Waals surface area contributed by atoms with Crippen molar-refractivity contribution in [2.45, 2.75) is 64.5 Å². The van der Waals surface area contributed by atoms with E-state index in [2.05, 4.69) is 46.2 Å². The highest BCUT2D eigenvalue weighted by molar-refractivity contribution is 5.83. The molecular formula is C24H32N6O3. The Hall–Kier alpha value is -2.94.